The minimum atomic E-state index is -0.161. The summed E-state index contributed by atoms with van der Waals surface area (Å²) in [5.41, 5.74) is 0.663. The van der Waals surface area contributed by atoms with Crippen molar-refractivity contribution in [1.29, 1.82) is 0 Å². The number of unbranched alkanes of at least 4 members (excludes halogenated alkanes) is 20. The van der Waals surface area contributed by atoms with Crippen molar-refractivity contribution in [3.63, 3.8) is 0 Å². The van der Waals surface area contributed by atoms with Crippen molar-refractivity contribution >= 4 is 5.97 Å². The van der Waals surface area contributed by atoms with E-state index in [1.807, 2.05) is 36.1 Å². The molecule has 3 nitrogen and oxygen atoms in total. The Morgan fingerprint density at radius 3 is 1.33 bits per heavy atom. The van der Waals surface area contributed by atoms with Crippen LogP contribution in [0.2, 0.25) is 0 Å². The number of nitrogens with zero attached hydrogens (tertiary/aromatic N) is 1. The van der Waals surface area contributed by atoms with Crippen molar-refractivity contribution in [2.45, 2.75) is 187 Å². The first-order valence-electron chi connectivity index (χ1n) is 18.6. The lowest BCUT2D eigenvalue weighted by Gasteiger charge is -2.18. The fourth-order valence-corrected chi connectivity index (χ4v) is 5.62. The predicted octanol–water partition coefficient (Wildman–Crippen LogP) is 12.3. The van der Waals surface area contributed by atoms with Gasteiger partial charge in [0.15, 0.2) is 12.4 Å². The first kappa shape index (κ1) is 39.1. The van der Waals surface area contributed by atoms with Crippen LogP contribution >= 0.6 is 0 Å². The Bertz CT molecular complexity index is 759. The highest BCUT2D eigenvalue weighted by Gasteiger charge is 2.16. The number of carbonyl (C=O) groups excluding carboxylic acids is 1. The molecule has 0 aromatic carbocycles. The number of pyridine rings is 1. The first-order chi connectivity index (χ1) is 21.2. The number of aromatic nitrogens is 1. The molecule has 0 radical (unpaired) electrons. The molecule has 0 fully saturated rings. The number of esters is 1. The molecule has 0 bridgehead atoms. The molecule has 246 valence electrons. The van der Waals surface area contributed by atoms with Gasteiger partial charge in [-0.15, -0.1) is 0 Å². The lowest BCUT2D eigenvalue weighted by molar-refractivity contribution is -0.671. The van der Waals surface area contributed by atoms with Crippen LogP contribution in [0.15, 0.2) is 48.8 Å². The van der Waals surface area contributed by atoms with Gasteiger partial charge in [0.1, 0.15) is 13.2 Å². The van der Waals surface area contributed by atoms with Gasteiger partial charge in [-0.3, -0.25) is 0 Å². The number of aryl methyl sites for hydroxylation is 1. The van der Waals surface area contributed by atoms with Crippen molar-refractivity contribution in [1.82, 2.24) is 0 Å². The minimum absolute atomic E-state index is 0.0530. The number of ether oxygens (including phenoxy) is 1. The zero-order valence-corrected chi connectivity index (χ0v) is 28.8. The monoisotopic (exact) mass is 597 g/mol. The van der Waals surface area contributed by atoms with Gasteiger partial charge in [0.2, 0.25) is 0 Å². The molecule has 1 aromatic rings. The van der Waals surface area contributed by atoms with E-state index in [1.54, 1.807) is 0 Å². The number of rotatable bonds is 30. The number of hydrogen-bond donors (Lipinski definition) is 0. The number of hydrogen-bond acceptors (Lipinski definition) is 2. The zero-order chi connectivity index (χ0) is 31.1. The van der Waals surface area contributed by atoms with Crippen LogP contribution < -0.4 is 4.57 Å². The topological polar surface area (TPSA) is 30.2 Å². The summed E-state index contributed by atoms with van der Waals surface area (Å²) in [5, 5.41) is 0. The molecular formula is C40H70NO2+. The van der Waals surface area contributed by atoms with Gasteiger partial charge >= 0.3 is 5.97 Å². The zero-order valence-electron chi connectivity index (χ0n) is 28.8. The van der Waals surface area contributed by atoms with Crippen LogP contribution in [-0.4, -0.2) is 12.1 Å². The molecule has 0 aliphatic heterocycles. The second-order valence-corrected chi connectivity index (χ2v) is 12.8. The van der Waals surface area contributed by atoms with Gasteiger partial charge < -0.3 is 4.74 Å². The Morgan fingerprint density at radius 1 is 0.581 bits per heavy atom. The average Bonchev–Trinajstić information content (AvgIpc) is 3.01. The Balaban J connectivity index is 2.19. The summed E-state index contributed by atoms with van der Waals surface area (Å²) in [4.78, 5) is 12.8. The molecule has 1 rings (SSSR count). The molecule has 0 aliphatic rings. The van der Waals surface area contributed by atoms with Crippen LogP contribution in [-0.2, 0) is 11.8 Å². The van der Waals surface area contributed by atoms with Gasteiger partial charge in [0.05, 0.1) is 5.56 Å². The fourth-order valence-electron chi connectivity index (χ4n) is 5.62. The summed E-state index contributed by atoms with van der Waals surface area (Å²) in [7, 11) is 1.97. The maximum absolute atomic E-state index is 12.8. The van der Waals surface area contributed by atoms with Gasteiger partial charge in [-0.1, -0.05) is 141 Å². The summed E-state index contributed by atoms with van der Waals surface area (Å²) < 4.78 is 7.99. The van der Waals surface area contributed by atoms with E-state index in [4.69, 9.17) is 4.74 Å². The molecule has 0 spiro atoms. The Hall–Kier alpha value is -1.90. The smallest absolute Gasteiger partial charge is 0.338 e. The minimum Gasteiger partial charge on any atom is -0.459 e. The molecule has 1 heterocycles. The van der Waals surface area contributed by atoms with Crippen molar-refractivity contribution in [3.05, 3.63) is 54.4 Å². The van der Waals surface area contributed by atoms with Crippen LogP contribution in [0.5, 0.6) is 0 Å². The van der Waals surface area contributed by atoms with Crippen LogP contribution in [0.4, 0.5) is 0 Å². The van der Waals surface area contributed by atoms with E-state index in [2.05, 4.69) is 38.2 Å². The van der Waals surface area contributed by atoms with Crippen LogP contribution in [0.1, 0.15) is 191 Å². The third-order valence-electron chi connectivity index (χ3n) is 8.56. The van der Waals surface area contributed by atoms with Crippen molar-refractivity contribution in [2.75, 3.05) is 0 Å². The lowest BCUT2D eigenvalue weighted by Crippen LogP contribution is -2.27. The van der Waals surface area contributed by atoms with Crippen molar-refractivity contribution < 1.29 is 14.1 Å². The van der Waals surface area contributed by atoms with Crippen molar-refractivity contribution in [2.24, 2.45) is 7.05 Å². The quantitative estimate of drug-likeness (QED) is 0.0383. The third-order valence-corrected chi connectivity index (χ3v) is 8.56. The highest BCUT2D eigenvalue weighted by Crippen LogP contribution is 2.19. The largest absolute Gasteiger partial charge is 0.459 e. The standard InChI is InChI=1S/C40H70NO2/c1-4-6-8-10-12-14-16-18-20-22-24-26-28-30-32-39(43-40(42)38-34-36-41(3)37-35-38)33-31-29-27-25-23-21-19-17-15-13-11-9-7-5-2/h10-13,34-37,39H,4-9,14-33H2,1-3H3/q+1/b12-10-,13-11-. The van der Waals surface area contributed by atoms with E-state index in [0.29, 0.717) is 5.56 Å². The SMILES string of the molecule is CCCC/C=C\CCCCCCCCCCC(CCCCCCCCCC/C=C\CCCC)OC(=O)c1cc[n+](C)cc1. The Labute approximate surface area is 268 Å². The van der Waals surface area contributed by atoms with E-state index >= 15 is 0 Å². The van der Waals surface area contributed by atoms with Gasteiger partial charge in [0, 0.05) is 12.1 Å². The molecule has 0 aliphatic carbocycles. The van der Waals surface area contributed by atoms with E-state index in [-0.39, 0.29) is 12.1 Å². The molecule has 1 aromatic heterocycles. The summed E-state index contributed by atoms with van der Waals surface area (Å²) in [6.45, 7) is 4.51. The Morgan fingerprint density at radius 2 is 0.930 bits per heavy atom. The second-order valence-electron chi connectivity index (χ2n) is 12.8. The van der Waals surface area contributed by atoms with E-state index in [1.165, 1.54) is 141 Å². The summed E-state index contributed by atoms with van der Waals surface area (Å²) in [5.74, 6) is -0.161. The van der Waals surface area contributed by atoms with Crippen LogP contribution in [0.25, 0.3) is 0 Å². The van der Waals surface area contributed by atoms with E-state index < -0.39 is 0 Å². The van der Waals surface area contributed by atoms with Crippen LogP contribution in [0, 0.1) is 0 Å². The van der Waals surface area contributed by atoms with E-state index in [0.717, 1.165) is 25.7 Å². The molecular weight excluding hydrogens is 526 g/mol. The van der Waals surface area contributed by atoms with Gasteiger partial charge in [-0.05, 0) is 64.2 Å². The van der Waals surface area contributed by atoms with Crippen molar-refractivity contribution in [3.8, 4) is 0 Å². The number of carbonyl (C=O) groups is 1. The first-order valence-corrected chi connectivity index (χ1v) is 18.6. The third kappa shape index (κ3) is 25.2. The molecule has 0 amide bonds. The van der Waals surface area contributed by atoms with Gasteiger partial charge in [-0.2, -0.15) is 0 Å². The highest BCUT2D eigenvalue weighted by molar-refractivity contribution is 5.89. The summed E-state index contributed by atoms with van der Waals surface area (Å²) in [6.07, 6.45) is 46.6. The average molecular weight is 597 g/mol. The fraction of sp³-hybridized carbons (Fsp3) is 0.750. The number of allylic oxidation sites excluding steroid dienone is 4. The maximum Gasteiger partial charge on any atom is 0.338 e. The Kier molecular flexibility index (Phi) is 27.4. The molecule has 0 atom stereocenters. The molecule has 0 N–H and O–H groups in total. The molecule has 0 unspecified atom stereocenters. The normalized spacial score (nSPS) is 11.8. The summed E-state index contributed by atoms with van der Waals surface area (Å²) in [6, 6.07) is 3.73. The lowest BCUT2D eigenvalue weighted by atomic mass is 10.0. The van der Waals surface area contributed by atoms with Gasteiger partial charge in [0.25, 0.3) is 0 Å². The predicted molar refractivity (Wildman–Crippen MR) is 186 cm³/mol. The van der Waals surface area contributed by atoms with Gasteiger partial charge in [-0.25, -0.2) is 9.36 Å². The molecule has 43 heavy (non-hydrogen) atoms. The highest BCUT2D eigenvalue weighted by atomic mass is 16.5. The molecule has 3 heteroatoms. The van der Waals surface area contributed by atoms with E-state index in [9.17, 15) is 4.79 Å². The summed E-state index contributed by atoms with van der Waals surface area (Å²) >= 11 is 0. The molecule has 0 saturated carbocycles. The molecule has 0 saturated heterocycles. The van der Waals surface area contributed by atoms with Crippen LogP contribution in [0.3, 0.4) is 0 Å². The second kappa shape index (κ2) is 30.1. The maximum atomic E-state index is 12.8.